The number of nitrogens with one attached hydrogen (secondary N) is 1. The second-order valence-electron chi connectivity index (χ2n) is 3.34. The van der Waals surface area contributed by atoms with E-state index in [9.17, 15) is 4.79 Å². The topological polar surface area (TPSA) is 62.1 Å². The van der Waals surface area contributed by atoms with E-state index in [0.717, 1.165) is 0 Å². The van der Waals surface area contributed by atoms with Gasteiger partial charge in [-0.1, -0.05) is 29.1 Å². The van der Waals surface area contributed by atoms with Crippen LogP contribution in [-0.4, -0.2) is 17.7 Å². The summed E-state index contributed by atoms with van der Waals surface area (Å²) in [6.07, 6.45) is -1.17. The van der Waals surface area contributed by atoms with Crippen molar-refractivity contribution in [3.8, 4) is 17.9 Å². The van der Waals surface area contributed by atoms with Crippen LogP contribution in [0, 0.1) is 23.2 Å². The van der Waals surface area contributed by atoms with Gasteiger partial charge in [-0.25, -0.2) is 0 Å². The number of amides is 1. The Bertz CT molecular complexity index is 540. The van der Waals surface area contributed by atoms with E-state index in [1.165, 1.54) is 12.1 Å². The summed E-state index contributed by atoms with van der Waals surface area (Å²) in [7, 11) is 0. The van der Waals surface area contributed by atoms with Crippen LogP contribution in [0.3, 0.4) is 0 Å². The molecule has 0 aliphatic rings. The van der Waals surface area contributed by atoms with E-state index in [0.29, 0.717) is 10.6 Å². The summed E-state index contributed by atoms with van der Waals surface area (Å²) >= 11 is 11.4. The minimum absolute atomic E-state index is 0.362. The minimum Gasteiger partial charge on any atom is -0.314 e. The second kappa shape index (κ2) is 7.66. The van der Waals surface area contributed by atoms with Gasteiger partial charge in [-0.3, -0.25) is 4.79 Å². The van der Waals surface area contributed by atoms with Gasteiger partial charge in [0, 0.05) is 10.6 Å². The highest BCUT2D eigenvalue weighted by atomic mass is 35.5. The molecule has 1 rings (SSSR count). The fraction of sp³-hybridized carbons (Fsp3) is 0.231. The van der Waals surface area contributed by atoms with Crippen molar-refractivity contribution in [3.05, 3.63) is 34.9 Å². The van der Waals surface area contributed by atoms with Crippen molar-refractivity contribution in [1.29, 1.82) is 5.26 Å². The van der Waals surface area contributed by atoms with Crippen molar-refractivity contribution in [2.45, 2.75) is 18.7 Å². The van der Waals surface area contributed by atoms with Gasteiger partial charge in [0.2, 0.25) is 6.23 Å². The normalized spacial score (nSPS) is 12.5. The SMILES string of the molecule is CC#CC(Cl)OC(C#N)NC(=O)c1ccc(Cl)cc1. The Labute approximate surface area is 121 Å². The summed E-state index contributed by atoms with van der Waals surface area (Å²) in [6.45, 7) is 1.59. The highest BCUT2D eigenvalue weighted by molar-refractivity contribution is 6.30. The van der Waals surface area contributed by atoms with Crippen molar-refractivity contribution in [1.82, 2.24) is 5.32 Å². The Morgan fingerprint density at radius 1 is 1.42 bits per heavy atom. The van der Waals surface area contributed by atoms with E-state index >= 15 is 0 Å². The molecule has 0 bridgehead atoms. The fourth-order valence-electron chi connectivity index (χ4n) is 1.17. The fourth-order valence-corrected chi connectivity index (χ4v) is 1.51. The zero-order chi connectivity index (χ0) is 14.3. The molecule has 0 heterocycles. The number of hydrogen-bond donors (Lipinski definition) is 1. The zero-order valence-electron chi connectivity index (χ0n) is 9.98. The van der Waals surface area contributed by atoms with Crippen LogP contribution in [0.1, 0.15) is 17.3 Å². The zero-order valence-corrected chi connectivity index (χ0v) is 11.5. The average molecular weight is 297 g/mol. The highest BCUT2D eigenvalue weighted by Crippen LogP contribution is 2.10. The Balaban J connectivity index is 2.65. The van der Waals surface area contributed by atoms with E-state index < -0.39 is 17.7 Å². The first kappa shape index (κ1) is 15.3. The number of rotatable bonds is 4. The molecule has 6 heteroatoms. The molecule has 1 aromatic carbocycles. The number of nitriles is 1. The summed E-state index contributed by atoms with van der Waals surface area (Å²) in [5.74, 6) is 4.59. The maximum absolute atomic E-state index is 11.8. The van der Waals surface area contributed by atoms with Gasteiger partial charge in [0.05, 0.1) is 0 Å². The molecule has 0 fully saturated rings. The maximum atomic E-state index is 11.8. The number of benzene rings is 1. The summed E-state index contributed by atoms with van der Waals surface area (Å²) in [5.41, 5.74) is -0.596. The number of carbonyl (C=O) groups excluding carboxylic acids is 1. The van der Waals surface area contributed by atoms with Crippen molar-refractivity contribution in [2.75, 3.05) is 0 Å². The number of ether oxygens (including phenoxy) is 1. The predicted molar refractivity (Wildman–Crippen MR) is 72.5 cm³/mol. The number of nitrogens with zero attached hydrogens (tertiary/aromatic N) is 1. The second-order valence-corrected chi connectivity index (χ2v) is 4.17. The molecule has 19 heavy (non-hydrogen) atoms. The van der Waals surface area contributed by atoms with Crippen LogP contribution in [-0.2, 0) is 4.74 Å². The highest BCUT2D eigenvalue weighted by Gasteiger charge is 2.16. The predicted octanol–water partition coefficient (Wildman–Crippen LogP) is 2.52. The maximum Gasteiger partial charge on any atom is 0.254 e. The summed E-state index contributed by atoms with van der Waals surface area (Å²) in [4.78, 5) is 11.8. The lowest BCUT2D eigenvalue weighted by Crippen LogP contribution is -2.37. The van der Waals surface area contributed by atoms with E-state index in [1.54, 1.807) is 25.1 Å². The van der Waals surface area contributed by atoms with Crippen LogP contribution in [0.4, 0.5) is 0 Å². The molecule has 0 saturated carbocycles. The van der Waals surface area contributed by atoms with Crippen molar-refractivity contribution in [3.63, 3.8) is 0 Å². The van der Waals surface area contributed by atoms with Gasteiger partial charge in [0.15, 0.2) is 5.56 Å². The third-order valence-corrected chi connectivity index (χ3v) is 2.46. The molecule has 0 aliphatic heterocycles. The first-order valence-electron chi connectivity index (χ1n) is 5.24. The average Bonchev–Trinajstić information content (AvgIpc) is 2.38. The van der Waals surface area contributed by atoms with Crippen LogP contribution in [0.25, 0.3) is 0 Å². The van der Waals surface area contributed by atoms with Crippen LogP contribution < -0.4 is 5.32 Å². The Morgan fingerprint density at radius 3 is 2.58 bits per heavy atom. The molecule has 2 unspecified atom stereocenters. The van der Waals surface area contributed by atoms with Gasteiger partial charge in [-0.05, 0) is 31.2 Å². The van der Waals surface area contributed by atoms with Crippen LogP contribution in [0.2, 0.25) is 5.02 Å². The monoisotopic (exact) mass is 296 g/mol. The molecule has 0 saturated heterocycles. The first-order chi connectivity index (χ1) is 9.06. The molecule has 2 atom stereocenters. The molecule has 0 radical (unpaired) electrons. The van der Waals surface area contributed by atoms with Crippen LogP contribution >= 0.6 is 23.2 Å². The van der Waals surface area contributed by atoms with E-state index in [2.05, 4.69) is 17.2 Å². The lowest BCUT2D eigenvalue weighted by atomic mass is 10.2. The molecule has 1 aromatic rings. The quantitative estimate of drug-likeness (QED) is 0.527. The van der Waals surface area contributed by atoms with E-state index in [1.807, 2.05) is 0 Å². The number of hydrogen-bond acceptors (Lipinski definition) is 3. The number of halogens is 2. The van der Waals surface area contributed by atoms with Gasteiger partial charge < -0.3 is 10.1 Å². The number of alkyl halides is 1. The first-order valence-corrected chi connectivity index (χ1v) is 6.06. The Kier molecular flexibility index (Phi) is 6.18. The number of carbonyl (C=O) groups is 1. The van der Waals surface area contributed by atoms with E-state index in [4.69, 9.17) is 33.2 Å². The summed E-state index contributed by atoms with van der Waals surface area (Å²) in [5, 5.41) is 11.8. The lowest BCUT2D eigenvalue weighted by Gasteiger charge is -2.13. The van der Waals surface area contributed by atoms with Gasteiger partial charge in [0.1, 0.15) is 6.07 Å². The van der Waals surface area contributed by atoms with Gasteiger partial charge in [-0.2, -0.15) is 5.26 Å². The van der Waals surface area contributed by atoms with Crippen LogP contribution in [0.15, 0.2) is 24.3 Å². The Hall–Kier alpha value is -1.72. The Morgan fingerprint density at radius 2 is 2.05 bits per heavy atom. The molecular weight excluding hydrogens is 287 g/mol. The van der Waals surface area contributed by atoms with E-state index in [-0.39, 0.29) is 0 Å². The summed E-state index contributed by atoms with van der Waals surface area (Å²) in [6, 6.07) is 8.00. The van der Waals surface area contributed by atoms with Crippen molar-refractivity contribution >= 4 is 29.1 Å². The molecule has 98 valence electrons. The van der Waals surface area contributed by atoms with Gasteiger partial charge >= 0.3 is 0 Å². The van der Waals surface area contributed by atoms with Crippen LogP contribution in [0.5, 0.6) is 0 Å². The molecule has 0 aromatic heterocycles. The van der Waals surface area contributed by atoms with Crippen molar-refractivity contribution in [2.24, 2.45) is 0 Å². The molecule has 0 spiro atoms. The lowest BCUT2D eigenvalue weighted by molar-refractivity contribution is 0.0581. The third kappa shape index (κ3) is 5.19. The van der Waals surface area contributed by atoms with Gasteiger partial charge in [-0.15, -0.1) is 5.92 Å². The molecule has 1 N–H and O–H groups in total. The smallest absolute Gasteiger partial charge is 0.254 e. The van der Waals surface area contributed by atoms with Crippen molar-refractivity contribution < 1.29 is 9.53 Å². The largest absolute Gasteiger partial charge is 0.314 e. The molecule has 0 aliphatic carbocycles. The third-order valence-electron chi connectivity index (χ3n) is 2.00. The standard InChI is InChI=1S/C13H10Cl2N2O2/c1-2-3-11(15)19-12(8-16)17-13(18)9-4-6-10(14)7-5-9/h4-7,11-12H,1H3,(H,17,18). The molecular formula is C13H10Cl2N2O2. The molecule has 4 nitrogen and oxygen atoms in total. The minimum atomic E-state index is -1.17. The summed E-state index contributed by atoms with van der Waals surface area (Å²) < 4.78 is 5.03. The van der Waals surface area contributed by atoms with Gasteiger partial charge in [0.25, 0.3) is 5.91 Å². The molecule has 1 amide bonds.